The average molecular weight is 198 g/mol. The van der Waals surface area contributed by atoms with E-state index in [4.69, 9.17) is 0 Å². The number of rotatable bonds is 2. The molecule has 1 unspecified atom stereocenters. The Hall–Kier alpha value is -1.27. The molecule has 0 aliphatic carbocycles. The Morgan fingerprint density at radius 1 is 1.31 bits per heavy atom. The van der Waals surface area contributed by atoms with E-state index in [1.54, 1.807) is 0 Å². The van der Waals surface area contributed by atoms with Crippen LogP contribution in [0.1, 0.15) is 6.92 Å². The van der Waals surface area contributed by atoms with Crippen LogP contribution in [0.15, 0.2) is 0 Å². The lowest BCUT2D eigenvalue weighted by molar-refractivity contribution is -0.174. The molecule has 76 valence electrons. The number of carbonyl (C=O) groups excluding carboxylic acids is 2. The van der Waals surface area contributed by atoms with Crippen molar-refractivity contribution in [3.8, 4) is 0 Å². The van der Waals surface area contributed by atoms with Crippen LogP contribution in [0.3, 0.4) is 0 Å². The second-order valence-corrected chi connectivity index (χ2v) is 2.31. The van der Waals surface area contributed by atoms with Crippen molar-refractivity contribution in [2.45, 2.75) is 19.1 Å². The van der Waals surface area contributed by atoms with Crippen LogP contribution in [0.25, 0.3) is 0 Å². The second kappa shape index (κ2) is 4.11. The van der Waals surface area contributed by atoms with E-state index in [9.17, 15) is 22.8 Å². The molecule has 0 aromatic rings. The van der Waals surface area contributed by atoms with Gasteiger partial charge in [-0.2, -0.15) is 13.2 Å². The van der Waals surface area contributed by atoms with Gasteiger partial charge < -0.3 is 10.6 Å². The molecule has 0 aliphatic heterocycles. The van der Waals surface area contributed by atoms with Crippen molar-refractivity contribution in [3.63, 3.8) is 0 Å². The summed E-state index contributed by atoms with van der Waals surface area (Å²) in [6, 6.07) is -1.20. The molecule has 0 saturated carbocycles. The molecule has 13 heavy (non-hydrogen) atoms. The smallest absolute Gasteiger partial charge is 0.357 e. The molecule has 0 saturated heterocycles. The Morgan fingerprint density at radius 2 is 1.77 bits per heavy atom. The highest BCUT2D eigenvalue weighted by atomic mass is 19.4. The first-order valence-electron chi connectivity index (χ1n) is 3.38. The number of likely N-dealkylation sites (N-methyl/N-ethyl adjacent to an activating group) is 1. The number of halogens is 3. The molecule has 4 nitrogen and oxygen atoms in total. The van der Waals surface area contributed by atoms with Gasteiger partial charge in [-0.15, -0.1) is 0 Å². The molecule has 0 aliphatic rings. The van der Waals surface area contributed by atoms with Gasteiger partial charge in [0.15, 0.2) is 0 Å². The van der Waals surface area contributed by atoms with Crippen molar-refractivity contribution in [2.75, 3.05) is 7.05 Å². The lowest BCUT2D eigenvalue weighted by atomic mass is 10.3. The van der Waals surface area contributed by atoms with Crippen LogP contribution in [0.5, 0.6) is 0 Å². The number of alkyl halides is 3. The summed E-state index contributed by atoms with van der Waals surface area (Å²) >= 11 is 0. The standard InChI is InChI=1S/C6H9F3N2O2/c1-3(4(12)10-2)11-5(13)6(7,8)9/h3H,1-2H3,(H,10,12)(H,11,13). The van der Waals surface area contributed by atoms with Crippen LogP contribution in [0.2, 0.25) is 0 Å². The average Bonchev–Trinajstić information content (AvgIpc) is 2.01. The van der Waals surface area contributed by atoms with Gasteiger partial charge in [-0.05, 0) is 6.92 Å². The lowest BCUT2D eigenvalue weighted by Crippen LogP contribution is -2.48. The molecule has 7 heteroatoms. The van der Waals surface area contributed by atoms with Crippen molar-refractivity contribution >= 4 is 11.8 Å². The molecule has 0 aromatic carbocycles. The molecular formula is C6H9F3N2O2. The third-order valence-corrected chi connectivity index (χ3v) is 1.24. The zero-order valence-electron chi connectivity index (χ0n) is 7.03. The molecule has 2 amide bonds. The van der Waals surface area contributed by atoms with E-state index in [1.165, 1.54) is 12.4 Å². The molecule has 0 bridgehead atoms. The Kier molecular flexibility index (Phi) is 3.70. The highest BCUT2D eigenvalue weighted by Crippen LogP contribution is 2.14. The Morgan fingerprint density at radius 3 is 2.08 bits per heavy atom. The molecule has 0 rings (SSSR count). The predicted molar refractivity (Wildman–Crippen MR) is 37.7 cm³/mol. The van der Waals surface area contributed by atoms with E-state index in [0.29, 0.717) is 0 Å². The third kappa shape index (κ3) is 3.77. The largest absolute Gasteiger partial charge is 0.471 e. The summed E-state index contributed by atoms with van der Waals surface area (Å²) in [5.74, 6) is -2.80. The highest BCUT2D eigenvalue weighted by Gasteiger charge is 2.39. The maximum absolute atomic E-state index is 11.6. The minimum Gasteiger partial charge on any atom is -0.357 e. The fourth-order valence-corrected chi connectivity index (χ4v) is 0.561. The van der Waals surface area contributed by atoms with Crippen molar-refractivity contribution in [1.29, 1.82) is 0 Å². The summed E-state index contributed by atoms with van der Waals surface area (Å²) in [6.45, 7) is 1.16. The van der Waals surface area contributed by atoms with E-state index in [-0.39, 0.29) is 0 Å². The highest BCUT2D eigenvalue weighted by molar-refractivity contribution is 5.89. The summed E-state index contributed by atoms with van der Waals surface area (Å²) in [5, 5.41) is 3.60. The third-order valence-electron chi connectivity index (χ3n) is 1.24. The van der Waals surface area contributed by atoms with Gasteiger partial charge in [0.05, 0.1) is 0 Å². The van der Waals surface area contributed by atoms with Gasteiger partial charge in [-0.1, -0.05) is 0 Å². The molecule has 1 atom stereocenters. The number of nitrogens with one attached hydrogen (secondary N) is 2. The molecule has 0 spiro atoms. The first-order chi connectivity index (χ1) is 5.79. The van der Waals surface area contributed by atoms with Gasteiger partial charge in [-0.3, -0.25) is 9.59 Å². The summed E-state index contributed by atoms with van der Waals surface area (Å²) in [5.41, 5.74) is 0. The topological polar surface area (TPSA) is 58.2 Å². The van der Waals surface area contributed by atoms with Crippen molar-refractivity contribution in [3.05, 3.63) is 0 Å². The minimum absolute atomic E-state index is 0.683. The van der Waals surface area contributed by atoms with Gasteiger partial charge in [0.2, 0.25) is 5.91 Å². The fourth-order valence-electron chi connectivity index (χ4n) is 0.561. The zero-order chi connectivity index (χ0) is 10.6. The second-order valence-electron chi connectivity index (χ2n) is 2.31. The van der Waals surface area contributed by atoms with Crippen molar-refractivity contribution in [2.24, 2.45) is 0 Å². The van der Waals surface area contributed by atoms with Crippen LogP contribution in [-0.2, 0) is 9.59 Å². The quantitative estimate of drug-likeness (QED) is 0.645. The molecule has 0 radical (unpaired) electrons. The van der Waals surface area contributed by atoms with E-state index in [1.807, 2.05) is 0 Å². The number of hydrogen-bond donors (Lipinski definition) is 2. The normalized spacial score (nSPS) is 13.3. The van der Waals surface area contributed by atoms with E-state index >= 15 is 0 Å². The molecular weight excluding hydrogens is 189 g/mol. The van der Waals surface area contributed by atoms with Gasteiger partial charge in [0, 0.05) is 7.05 Å². The summed E-state index contributed by atoms with van der Waals surface area (Å²) < 4.78 is 34.9. The van der Waals surface area contributed by atoms with Gasteiger partial charge in [0.25, 0.3) is 0 Å². The minimum atomic E-state index is -4.96. The SMILES string of the molecule is CNC(=O)C(C)NC(=O)C(F)(F)F. The molecule has 0 heterocycles. The predicted octanol–water partition coefficient (Wildman–Crippen LogP) is -0.201. The Labute approximate surface area is 72.5 Å². The first kappa shape index (κ1) is 11.7. The van der Waals surface area contributed by atoms with Gasteiger partial charge in [-0.25, -0.2) is 0 Å². The molecule has 0 fully saturated rings. The maximum Gasteiger partial charge on any atom is 0.471 e. The summed E-state index contributed by atoms with van der Waals surface area (Å²) in [7, 11) is 1.26. The van der Waals surface area contributed by atoms with Crippen LogP contribution in [-0.4, -0.2) is 31.1 Å². The van der Waals surface area contributed by atoms with E-state index < -0.39 is 24.0 Å². The monoisotopic (exact) mass is 198 g/mol. The van der Waals surface area contributed by atoms with Crippen molar-refractivity contribution in [1.82, 2.24) is 10.6 Å². The van der Waals surface area contributed by atoms with E-state index in [2.05, 4.69) is 5.32 Å². The zero-order valence-corrected chi connectivity index (χ0v) is 7.03. The maximum atomic E-state index is 11.6. The Bertz CT molecular complexity index is 214. The van der Waals surface area contributed by atoms with Crippen LogP contribution in [0.4, 0.5) is 13.2 Å². The van der Waals surface area contributed by atoms with Gasteiger partial charge >= 0.3 is 12.1 Å². The van der Waals surface area contributed by atoms with E-state index in [0.717, 1.165) is 6.92 Å². The van der Waals surface area contributed by atoms with Crippen molar-refractivity contribution < 1.29 is 22.8 Å². The van der Waals surface area contributed by atoms with Crippen LogP contribution >= 0.6 is 0 Å². The lowest BCUT2D eigenvalue weighted by Gasteiger charge is -2.13. The Balaban J connectivity index is 4.15. The summed E-state index contributed by atoms with van der Waals surface area (Å²) in [6.07, 6.45) is -4.96. The number of hydrogen-bond acceptors (Lipinski definition) is 2. The molecule has 2 N–H and O–H groups in total. The fraction of sp³-hybridized carbons (Fsp3) is 0.667. The van der Waals surface area contributed by atoms with Crippen LogP contribution < -0.4 is 10.6 Å². The number of carbonyl (C=O) groups is 2. The number of amides is 2. The van der Waals surface area contributed by atoms with Crippen LogP contribution in [0, 0.1) is 0 Å². The molecule has 0 aromatic heterocycles. The first-order valence-corrected chi connectivity index (χ1v) is 3.38. The summed E-state index contributed by atoms with van der Waals surface area (Å²) in [4.78, 5) is 21.0. The van der Waals surface area contributed by atoms with Gasteiger partial charge in [0.1, 0.15) is 6.04 Å².